The van der Waals surface area contributed by atoms with E-state index in [1.165, 1.54) is 35.6 Å². The Balaban J connectivity index is 1.98. The zero-order chi connectivity index (χ0) is 17.7. The van der Waals surface area contributed by atoms with Crippen molar-refractivity contribution in [3.8, 4) is 0 Å². The Labute approximate surface area is 142 Å². The second-order valence-corrected chi connectivity index (χ2v) is 6.47. The number of esters is 1. The number of carbonyl (C=O) groups is 2. The van der Waals surface area contributed by atoms with E-state index in [4.69, 9.17) is 4.74 Å². The number of nitro benzene ring substituents is 1. The number of thiophene rings is 1. The van der Waals surface area contributed by atoms with Gasteiger partial charge in [0.15, 0.2) is 6.61 Å². The predicted molar refractivity (Wildman–Crippen MR) is 91.2 cm³/mol. The standard InChI is InChI=1S/C17H15NO5S/c1-11-9-14(12(2)24-11)16(19)10-23-17(20)8-7-13-5-3-4-6-15(13)18(21)22/h3-9H,10H2,1-2H3/b8-7+. The van der Waals surface area contributed by atoms with Crippen LogP contribution >= 0.6 is 11.3 Å². The highest BCUT2D eigenvalue weighted by atomic mass is 32.1. The number of benzene rings is 1. The number of carbonyl (C=O) groups excluding carboxylic acids is 2. The third-order valence-electron chi connectivity index (χ3n) is 3.22. The second-order valence-electron chi connectivity index (χ2n) is 5.01. The minimum absolute atomic E-state index is 0.109. The van der Waals surface area contributed by atoms with Gasteiger partial charge in [-0.05, 0) is 32.1 Å². The van der Waals surface area contributed by atoms with Crippen molar-refractivity contribution in [2.24, 2.45) is 0 Å². The van der Waals surface area contributed by atoms with Crippen molar-refractivity contribution in [3.05, 3.63) is 67.4 Å². The van der Waals surface area contributed by atoms with Crippen LogP contribution in [0, 0.1) is 24.0 Å². The zero-order valence-corrected chi connectivity index (χ0v) is 14.0. The van der Waals surface area contributed by atoms with E-state index in [2.05, 4.69) is 0 Å². The van der Waals surface area contributed by atoms with Crippen LogP contribution in [0.1, 0.15) is 25.7 Å². The van der Waals surface area contributed by atoms with E-state index in [9.17, 15) is 19.7 Å². The lowest BCUT2D eigenvalue weighted by Crippen LogP contribution is -2.12. The molecule has 1 aromatic carbocycles. The SMILES string of the molecule is Cc1cc(C(=O)COC(=O)/C=C/c2ccccc2[N+](=O)[O-])c(C)s1. The molecule has 0 radical (unpaired) electrons. The van der Waals surface area contributed by atoms with Crippen molar-refractivity contribution in [1.82, 2.24) is 0 Å². The van der Waals surface area contributed by atoms with Crippen LogP contribution in [-0.2, 0) is 9.53 Å². The molecule has 0 aliphatic carbocycles. The fourth-order valence-corrected chi connectivity index (χ4v) is 3.07. The van der Waals surface area contributed by atoms with Crippen molar-refractivity contribution in [2.45, 2.75) is 13.8 Å². The van der Waals surface area contributed by atoms with Gasteiger partial charge in [-0.25, -0.2) is 4.79 Å². The number of nitrogens with zero attached hydrogens (tertiary/aromatic N) is 1. The summed E-state index contributed by atoms with van der Waals surface area (Å²) in [7, 11) is 0. The molecule has 124 valence electrons. The van der Waals surface area contributed by atoms with Gasteiger partial charge in [0.2, 0.25) is 5.78 Å². The van der Waals surface area contributed by atoms with E-state index in [1.807, 2.05) is 13.8 Å². The molecule has 0 N–H and O–H groups in total. The van der Waals surface area contributed by atoms with Gasteiger partial charge >= 0.3 is 5.97 Å². The molecule has 0 saturated heterocycles. The molecule has 1 heterocycles. The minimum atomic E-state index is -0.730. The Kier molecular flexibility index (Phi) is 5.59. The van der Waals surface area contributed by atoms with Crippen LogP contribution in [0.4, 0.5) is 5.69 Å². The van der Waals surface area contributed by atoms with Gasteiger partial charge in [-0.2, -0.15) is 0 Å². The van der Waals surface area contributed by atoms with Crippen LogP contribution in [0.25, 0.3) is 6.08 Å². The summed E-state index contributed by atoms with van der Waals surface area (Å²) in [5.74, 6) is -1.00. The van der Waals surface area contributed by atoms with Gasteiger partial charge in [-0.15, -0.1) is 11.3 Å². The van der Waals surface area contributed by atoms with Crippen LogP contribution in [0.5, 0.6) is 0 Å². The number of rotatable bonds is 6. The fourth-order valence-electron chi connectivity index (χ4n) is 2.12. The average Bonchev–Trinajstić information content (AvgIpc) is 2.89. The number of nitro groups is 1. The first-order valence-corrected chi connectivity index (χ1v) is 7.88. The van der Waals surface area contributed by atoms with Crippen LogP contribution in [-0.4, -0.2) is 23.3 Å². The van der Waals surface area contributed by atoms with Crippen LogP contribution in [0.15, 0.2) is 36.4 Å². The highest BCUT2D eigenvalue weighted by molar-refractivity contribution is 7.12. The molecular formula is C17H15NO5S. The van der Waals surface area contributed by atoms with Crippen molar-refractivity contribution in [1.29, 1.82) is 0 Å². The smallest absolute Gasteiger partial charge is 0.331 e. The normalized spacial score (nSPS) is 10.8. The summed E-state index contributed by atoms with van der Waals surface area (Å²) in [6.07, 6.45) is 2.37. The Bertz CT molecular complexity index is 822. The number of hydrogen-bond donors (Lipinski definition) is 0. The van der Waals surface area contributed by atoms with E-state index in [1.54, 1.807) is 12.1 Å². The average molecular weight is 345 g/mol. The molecular weight excluding hydrogens is 330 g/mol. The number of ketones is 1. The molecule has 24 heavy (non-hydrogen) atoms. The lowest BCUT2D eigenvalue weighted by molar-refractivity contribution is -0.385. The molecule has 0 amide bonds. The van der Waals surface area contributed by atoms with Crippen molar-refractivity contribution in [3.63, 3.8) is 0 Å². The monoisotopic (exact) mass is 345 g/mol. The highest BCUT2D eigenvalue weighted by Crippen LogP contribution is 2.21. The molecule has 0 fully saturated rings. The number of para-hydroxylation sites is 1. The van der Waals surface area contributed by atoms with Gasteiger partial charge in [0.1, 0.15) is 0 Å². The van der Waals surface area contributed by atoms with Crippen molar-refractivity contribution >= 4 is 34.9 Å². The Morgan fingerprint density at radius 3 is 2.62 bits per heavy atom. The molecule has 0 bridgehead atoms. The van der Waals surface area contributed by atoms with Crippen LogP contribution < -0.4 is 0 Å². The Hall–Kier alpha value is -2.80. The van der Waals surface area contributed by atoms with E-state index in [0.717, 1.165) is 15.8 Å². The quantitative estimate of drug-likeness (QED) is 0.262. The Morgan fingerprint density at radius 1 is 1.29 bits per heavy atom. The third kappa shape index (κ3) is 4.36. The molecule has 0 unspecified atom stereocenters. The summed E-state index contributed by atoms with van der Waals surface area (Å²) in [5, 5.41) is 10.9. The summed E-state index contributed by atoms with van der Waals surface area (Å²) in [6, 6.07) is 7.79. The number of Topliss-reactive ketones (excluding diaryl/α,β-unsaturated/α-hetero) is 1. The van der Waals surface area contributed by atoms with E-state index < -0.39 is 10.9 Å². The lowest BCUT2D eigenvalue weighted by atomic mass is 10.1. The Morgan fingerprint density at radius 2 is 2.00 bits per heavy atom. The van der Waals surface area contributed by atoms with Gasteiger partial charge in [-0.1, -0.05) is 12.1 Å². The molecule has 0 atom stereocenters. The van der Waals surface area contributed by atoms with Gasteiger partial charge < -0.3 is 4.74 Å². The maximum Gasteiger partial charge on any atom is 0.331 e. The van der Waals surface area contributed by atoms with Gasteiger partial charge in [0, 0.05) is 27.5 Å². The van der Waals surface area contributed by atoms with Gasteiger partial charge in [0.05, 0.1) is 10.5 Å². The summed E-state index contributed by atoms with van der Waals surface area (Å²) >= 11 is 1.50. The second kappa shape index (κ2) is 7.65. The number of ether oxygens (including phenoxy) is 1. The third-order valence-corrected chi connectivity index (χ3v) is 4.19. The molecule has 0 aliphatic heterocycles. The summed E-state index contributed by atoms with van der Waals surface area (Å²) < 4.78 is 4.90. The van der Waals surface area contributed by atoms with Crippen molar-refractivity contribution < 1.29 is 19.2 Å². The minimum Gasteiger partial charge on any atom is -0.454 e. The maximum atomic E-state index is 12.0. The predicted octanol–water partition coefficient (Wildman–Crippen LogP) is 3.71. The first-order chi connectivity index (χ1) is 11.4. The lowest BCUT2D eigenvalue weighted by Gasteiger charge is -2.01. The fraction of sp³-hybridized carbons (Fsp3) is 0.176. The molecule has 7 heteroatoms. The topological polar surface area (TPSA) is 86.5 Å². The van der Waals surface area contributed by atoms with E-state index in [0.29, 0.717) is 5.56 Å². The molecule has 2 rings (SSSR count). The number of hydrogen-bond acceptors (Lipinski definition) is 6. The summed E-state index contributed by atoms with van der Waals surface area (Å²) in [4.78, 5) is 36.0. The van der Waals surface area contributed by atoms with Crippen LogP contribution in [0.2, 0.25) is 0 Å². The maximum absolute atomic E-state index is 12.0. The largest absolute Gasteiger partial charge is 0.454 e. The van der Waals surface area contributed by atoms with Gasteiger partial charge in [-0.3, -0.25) is 14.9 Å². The summed E-state index contributed by atoms with van der Waals surface area (Å²) in [5.41, 5.74) is 0.727. The molecule has 6 nitrogen and oxygen atoms in total. The first-order valence-electron chi connectivity index (χ1n) is 7.07. The molecule has 0 saturated carbocycles. The van der Waals surface area contributed by atoms with E-state index >= 15 is 0 Å². The zero-order valence-electron chi connectivity index (χ0n) is 13.1. The molecule has 2 aromatic rings. The number of aryl methyl sites for hydroxylation is 2. The molecule has 0 aliphatic rings. The summed E-state index contributed by atoms with van der Waals surface area (Å²) in [6.45, 7) is 3.37. The van der Waals surface area contributed by atoms with Crippen LogP contribution in [0.3, 0.4) is 0 Å². The first kappa shape index (κ1) is 17.6. The van der Waals surface area contributed by atoms with Gasteiger partial charge in [0.25, 0.3) is 5.69 Å². The highest BCUT2D eigenvalue weighted by Gasteiger charge is 2.14. The molecule has 0 spiro atoms. The van der Waals surface area contributed by atoms with E-state index in [-0.39, 0.29) is 23.6 Å². The molecule has 1 aromatic heterocycles. The van der Waals surface area contributed by atoms with Crippen molar-refractivity contribution in [2.75, 3.05) is 6.61 Å².